The van der Waals surface area contributed by atoms with Crippen molar-refractivity contribution < 1.29 is 19.1 Å². The van der Waals surface area contributed by atoms with E-state index in [1.807, 2.05) is 30.3 Å². The number of hydrogen-bond donors (Lipinski definition) is 2. The molecule has 0 bridgehead atoms. The fourth-order valence-electron chi connectivity index (χ4n) is 4.05. The summed E-state index contributed by atoms with van der Waals surface area (Å²) in [7, 11) is 1.57. The Morgan fingerprint density at radius 2 is 1.72 bits per heavy atom. The monoisotopic (exact) mass is 390 g/mol. The number of ether oxygens (including phenoxy) is 1. The highest BCUT2D eigenvalue weighted by molar-refractivity contribution is 6.09. The third-order valence-corrected chi connectivity index (χ3v) is 5.48. The van der Waals surface area contributed by atoms with Crippen LogP contribution in [0.2, 0.25) is 0 Å². The highest BCUT2D eigenvalue weighted by Gasteiger charge is 2.40. The molecular weight excluding hydrogens is 368 g/mol. The minimum absolute atomic E-state index is 0.00569. The number of hydrogen-bond acceptors (Lipinski definition) is 4. The van der Waals surface area contributed by atoms with Crippen LogP contribution in [0.5, 0.6) is 5.75 Å². The zero-order chi connectivity index (χ0) is 20.4. The molecule has 0 saturated carbocycles. The minimum Gasteiger partial charge on any atom is -0.497 e. The first-order valence-electron chi connectivity index (χ1n) is 9.61. The molecular formula is C23H22N2O4. The normalized spacial score (nSPS) is 21.3. The van der Waals surface area contributed by atoms with Gasteiger partial charge in [-0.15, -0.1) is 0 Å². The molecule has 0 radical (unpaired) electrons. The van der Waals surface area contributed by atoms with Crippen LogP contribution < -0.4 is 15.4 Å². The highest BCUT2D eigenvalue weighted by atomic mass is 16.5. The van der Waals surface area contributed by atoms with Gasteiger partial charge in [-0.3, -0.25) is 14.4 Å². The predicted octanol–water partition coefficient (Wildman–Crippen LogP) is 3.17. The Labute approximate surface area is 168 Å². The number of benzene rings is 2. The quantitative estimate of drug-likeness (QED) is 0.840. The first-order chi connectivity index (χ1) is 14.0. The molecule has 0 saturated heterocycles. The van der Waals surface area contributed by atoms with Crippen molar-refractivity contribution in [2.45, 2.75) is 25.2 Å². The first-order valence-corrected chi connectivity index (χ1v) is 9.61. The predicted molar refractivity (Wildman–Crippen MR) is 108 cm³/mol. The van der Waals surface area contributed by atoms with Gasteiger partial charge in [-0.1, -0.05) is 30.3 Å². The largest absolute Gasteiger partial charge is 0.497 e. The Morgan fingerprint density at radius 3 is 2.41 bits per heavy atom. The summed E-state index contributed by atoms with van der Waals surface area (Å²) >= 11 is 0. The first kappa shape index (κ1) is 18.9. The molecule has 0 aromatic heterocycles. The maximum absolute atomic E-state index is 13.0. The third kappa shape index (κ3) is 3.92. The Bertz CT molecular complexity index is 980. The van der Waals surface area contributed by atoms with Crippen molar-refractivity contribution in [2.75, 3.05) is 12.4 Å². The van der Waals surface area contributed by atoms with Gasteiger partial charge in [-0.2, -0.15) is 0 Å². The lowest BCUT2D eigenvalue weighted by Gasteiger charge is -2.33. The number of allylic oxidation sites excluding steroid dienone is 1. The van der Waals surface area contributed by atoms with Crippen molar-refractivity contribution >= 4 is 23.3 Å². The fourth-order valence-corrected chi connectivity index (χ4v) is 4.05. The Kier molecular flexibility index (Phi) is 5.16. The molecule has 1 aliphatic carbocycles. The number of nitrogens with one attached hydrogen (secondary N) is 2. The summed E-state index contributed by atoms with van der Waals surface area (Å²) in [5, 5.41) is 5.65. The number of anilines is 1. The van der Waals surface area contributed by atoms with Gasteiger partial charge < -0.3 is 15.4 Å². The van der Waals surface area contributed by atoms with Gasteiger partial charge in [0.25, 0.3) is 0 Å². The number of rotatable bonds is 4. The second-order valence-corrected chi connectivity index (χ2v) is 7.35. The van der Waals surface area contributed by atoms with Crippen LogP contribution in [-0.4, -0.2) is 24.7 Å². The molecule has 0 unspecified atom stereocenters. The zero-order valence-corrected chi connectivity index (χ0v) is 16.1. The Hall–Kier alpha value is -3.41. The summed E-state index contributed by atoms with van der Waals surface area (Å²) in [5.41, 5.74) is 2.69. The maximum atomic E-state index is 13.0. The van der Waals surface area contributed by atoms with Crippen LogP contribution in [0.15, 0.2) is 65.9 Å². The lowest BCUT2D eigenvalue weighted by Crippen LogP contribution is -2.43. The summed E-state index contributed by atoms with van der Waals surface area (Å²) in [5.74, 6) is -0.741. The van der Waals surface area contributed by atoms with E-state index in [2.05, 4.69) is 10.6 Å². The van der Waals surface area contributed by atoms with Gasteiger partial charge in [-0.05, 0) is 42.2 Å². The van der Waals surface area contributed by atoms with E-state index in [0.29, 0.717) is 35.5 Å². The molecule has 6 nitrogen and oxygen atoms in total. The molecule has 0 fully saturated rings. The van der Waals surface area contributed by atoms with Crippen molar-refractivity contribution in [3.05, 3.63) is 71.4 Å². The van der Waals surface area contributed by atoms with Gasteiger partial charge in [0, 0.05) is 29.8 Å². The second kappa shape index (κ2) is 7.91. The minimum atomic E-state index is -0.773. The standard InChI is InChI=1S/C23H22N2O4/c1-29-17-9-7-16(8-10-17)24-23(28)18-13-21(27)25-19-11-15(12-20(26)22(18)19)14-5-3-2-4-6-14/h2-10,15,18H,11-13H2,1H3,(H,24,28)(H,25,27)/t15-,18-/m0/s1. The number of Topliss-reactive ketones (excluding diaryl/α,β-unsaturated/α-hetero) is 1. The highest BCUT2D eigenvalue weighted by Crippen LogP contribution is 2.39. The van der Waals surface area contributed by atoms with E-state index < -0.39 is 5.92 Å². The van der Waals surface area contributed by atoms with Gasteiger partial charge in [0.1, 0.15) is 5.75 Å². The van der Waals surface area contributed by atoms with E-state index in [9.17, 15) is 14.4 Å². The summed E-state index contributed by atoms with van der Waals surface area (Å²) in [4.78, 5) is 38.1. The second-order valence-electron chi connectivity index (χ2n) is 7.35. The zero-order valence-electron chi connectivity index (χ0n) is 16.1. The van der Waals surface area contributed by atoms with E-state index in [4.69, 9.17) is 4.74 Å². The van der Waals surface area contributed by atoms with Crippen LogP contribution in [0.25, 0.3) is 0 Å². The SMILES string of the molecule is COc1ccc(NC(=O)[C@H]2CC(=O)NC3=C2C(=O)C[C@@H](c2ccccc2)C3)cc1. The number of methoxy groups -OCH3 is 1. The van der Waals surface area contributed by atoms with Crippen molar-refractivity contribution in [1.29, 1.82) is 0 Å². The lowest BCUT2D eigenvalue weighted by molar-refractivity contribution is -0.129. The molecule has 2 N–H and O–H groups in total. The van der Waals surface area contributed by atoms with Gasteiger partial charge >= 0.3 is 0 Å². The number of carbonyl (C=O) groups excluding carboxylic acids is 3. The molecule has 1 aliphatic heterocycles. The van der Waals surface area contributed by atoms with E-state index in [-0.39, 0.29) is 29.9 Å². The molecule has 4 rings (SSSR count). The molecule has 29 heavy (non-hydrogen) atoms. The molecule has 2 amide bonds. The Balaban J connectivity index is 1.58. The van der Waals surface area contributed by atoms with Gasteiger partial charge in [0.2, 0.25) is 11.8 Å². The molecule has 1 heterocycles. The maximum Gasteiger partial charge on any atom is 0.232 e. The smallest absolute Gasteiger partial charge is 0.232 e. The van der Waals surface area contributed by atoms with Crippen LogP contribution in [0, 0.1) is 5.92 Å². The molecule has 2 atom stereocenters. The van der Waals surface area contributed by atoms with Gasteiger partial charge in [-0.25, -0.2) is 0 Å². The van der Waals surface area contributed by atoms with E-state index in [0.717, 1.165) is 5.56 Å². The summed E-state index contributed by atoms with van der Waals surface area (Å²) in [6, 6.07) is 16.7. The number of carbonyl (C=O) groups is 3. The van der Waals surface area contributed by atoms with Crippen molar-refractivity contribution in [3.8, 4) is 5.75 Å². The topological polar surface area (TPSA) is 84.5 Å². The van der Waals surface area contributed by atoms with Crippen molar-refractivity contribution in [3.63, 3.8) is 0 Å². The van der Waals surface area contributed by atoms with Crippen LogP contribution >= 0.6 is 0 Å². The number of ketones is 1. The lowest BCUT2D eigenvalue weighted by atomic mass is 9.75. The Morgan fingerprint density at radius 1 is 1.00 bits per heavy atom. The van der Waals surface area contributed by atoms with E-state index >= 15 is 0 Å². The van der Waals surface area contributed by atoms with Gasteiger partial charge in [0.15, 0.2) is 5.78 Å². The molecule has 148 valence electrons. The summed E-state index contributed by atoms with van der Waals surface area (Å²) < 4.78 is 5.12. The number of amides is 2. The summed E-state index contributed by atoms with van der Waals surface area (Å²) in [6.45, 7) is 0. The van der Waals surface area contributed by atoms with Crippen LogP contribution in [-0.2, 0) is 14.4 Å². The average Bonchev–Trinajstić information content (AvgIpc) is 2.74. The summed E-state index contributed by atoms with van der Waals surface area (Å²) in [6.07, 6.45) is 0.858. The fraction of sp³-hybridized carbons (Fsp3) is 0.261. The third-order valence-electron chi connectivity index (χ3n) is 5.48. The van der Waals surface area contributed by atoms with E-state index in [1.165, 1.54) is 0 Å². The van der Waals surface area contributed by atoms with Gasteiger partial charge in [0.05, 0.1) is 13.0 Å². The average molecular weight is 390 g/mol. The van der Waals surface area contributed by atoms with Crippen molar-refractivity contribution in [1.82, 2.24) is 5.32 Å². The molecule has 6 heteroatoms. The molecule has 0 spiro atoms. The van der Waals surface area contributed by atoms with Crippen molar-refractivity contribution in [2.24, 2.45) is 5.92 Å². The van der Waals surface area contributed by atoms with Crippen LogP contribution in [0.3, 0.4) is 0 Å². The molecule has 2 aromatic rings. The van der Waals surface area contributed by atoms with Crippen LogP contribution in [0.4, 0.5) is 5.69 Å². The molecule has 2 aromatic carbocycles. The van der Waals surface area contributed by atoms with Crippen LogP contribution in [0.1, 0.15) is 30.7 Å². The molecule has 2 aliphatic rings. The van der Waals surface area contributed by atoms with E-state index in [1.54, 1.807) is 31.4 Å².